The zero-order valence-corrected chi connectivity index (χ0v) is 20.2. The van der Waals surface area contributed by atoms with Crippen LogP contribution >= 0.6 is 0 Å². The highest BCUT2D eigenvalue weighted by Crippen LogP contribution is 2.32. The van der Waals surface area contributed by atoms with Gasteiger partial charge in [0.05, 0.1) is 19.2 Å². The number of nitrogens with zero attached hydrogens (tertiary/aromatic N) is 3. The number of rotatable bonds is 5. The molecule has 4 rings (SSSR count). The van der Waals surface area contributed by atoms with Crippen molar-refractivity contribution in [3.8, 4) is 17.7 Å². The van der Waals surface area contributed by atoms with Crippen LogP contribution in [-0.2, 0) is 4.79 Å². The van der Waals surface area contributed by atoms with Gasteiger partial charge in [-0.2, -0.15) is 0 Å². The molecule has 1 aliphatic heterocycles. The highest BCUT2D eigenvalue weighted by atomic mass is 19.1. The molecule has 1 aromatic carbocycles. The molecular weight excluding hydrogens is 449 g/mol. The molecule has 2 aliphatic rings. The molecular formula is C27H30FN3O4. The van der Waals surface area contributed by atoms with Crippen LogP contribution in [0.3, 0.4) is 0 Å². The number of aliphatic hydroxyl groups is 1. The van der Waals surface area contributed by atoms with Crippen molar-refractivity contribution >= 4 is 11.8 Å². The first-order chi connectivity index (χ1) is 16.8. The molecule has 1 N–H and O–H groups in total. The third-order valence-electron chi connectivity index (χ3n) is 6.45. The summed E-state index contributed by atoms with van der Waals surface area (Å²) in [6, 6.07) is 7.15. The molecule has 3 atom stereocenters. The number of halogens is 1. The second kappa shape index (κ2) is 10.4. The van der Waals surface area contributed by atoms with E-state index in [4.69, 9.17) is 4.74 Å². The van der Waals surface area contributed by atoms with Crippen LogP contribution in [0.5, 0.6) is 5.88 Å². The topological polar surface area (TPSA) is 83.0 Å². The lowest BCUT2D eigenvalue weighted by molar-refractivity contribution is -0.132. The number of benzene rings is 1. The van der Waals surface area contributed by atoms with Crippen molar-refractivity contribution in [2.45, 2.75) is 38.8 Å². The maximum atomic E-state index is 13.5. The van der Waals surface area contributed by atoms with Crippen LogP contribution in [0.1, 0.15) is 48.2 Å². The number of aromatic nitrogens is 1. The number of fused-ring (bicyclic) bond motifs is 1. The molecule has 1 aliphatic carbocycles. The Morgan fingerprint density at radius 2 is 2.06 bits per heavy atom. The predicted octanol–water partition coefficient (Wildman–Crippen LogP) is 2.71. The first-order valence-electron chi connectivity index (χ1n) is 11.9. The molecule has 0 saturated heterocycles. The number of pyridine rings is 1. The van der Waals surface area contributed by atoms with E-state index in [-0.39, 0.29) is 53.6 Å². The third kappa shape index (κ3) is 5.80. The van der Waals surface area contributed by atoms with Gasteiger partial charge in [0.25, 0.3) is 5.91 Å². The summed E-state index contributed by atoms with van der Waals surface area (Å²) in [6.45, 7) is 4.29. The molecule has 2 aromatic rings. The number of carbonyl (C=O) groups excluding carboxylic acids is 2. The van der Waals surface area contributed by atoms with Gasteiger partial charge in [-0.3, -0.25) is 9.59 Å². The fourth-order valence-electron chi connectivity index (χ4n) is 4.10. The van der Waals surface area contributed by atoms with Crippen LogP contribution in [-0.4, -0.2) is 70.6 Å². The summed E-state index contributed by atoms with van der Waals surface area (Å²) in [5, 5.41) is 9.79. The largest absolute Gasteiger partial charge is 0.472 e. The number of ether oxygens (including phenoxy) is 1. The van der Waals surface area contributed by atoms with E-state index in [0.29, 0.717) is 24.2 Å². The molecule has 0 bridgehead atoms. The van der Waals surface area contributed by atoms with E-state index in [1.165, 1.54) is 18.3 Å². The molecule has 0 spiro atoms. The molecule has 0 unspecified atom stereocenters. The van der Waals surface area contributed by atoms with Gasteiger partial charge in [0, 0.05) is 42.8 Å². The Balaban J connectivity index is 1.66. The van der Waals surface area contributed by atoms with E-state index >= 15 is 0 Å². The highest BCUT2D eigenvalue weighted by Gasteiger charge is 2.37. The zero-order chi connectivity index (χ0) is 25.1. The molecule has 0 radical (unpaired) electrons. The SMILES string of the molecule is C[C@@H]1CN([C@H](C)CO)C(=O)c2cc(C#Cc3cccc(F)c3)cnc2O[C@H]1CN(C)C(=O)C1CC1. The van der Waals surface area contributed by atoms with Crippen LogP contribution in [0.25, 0.3) is 0 Å². The highest BCUT2D eigenvalue weighted by molar-refractivity contribution is 5.97. The van der Waals surface area contributed by atoms with Crippen LogP contribution < -0.4 is 4.74 Å². The minimum atomic E-state index is -0.413. The molecule has 184 valence electrons. The average Bonchev–Trinajstić information content (AvgIpc) is 3.69. The molecule has 35 heavy (non-hydrogen) atoms. The summed E-state index contributed by atoms with van der Waals surface area (Å²) in [6.07, 6.45) is 2.97. The first-order valence-corrected chi connectivity index (χ1v) is 11.9. The first kappa shape index (κ1) is 24.7. The Bertz CT molecular complexity index is 1170. The number of amides is 2. The van der Waals surface area contributed by atoms with Gasteiger partial charge in [0.1, 0.15) is 17.5 Å². The summed E-state index contributed by atoms with van der Waals surface area (Å²) in [4.78, 5) is 33.7. The van der Waals surface area contributed by atoms with Gasteiger partial charge >= 0.3 is 0 Å². The maximum Gasteiger partial charge on any atom is 0.259 e. The van der Waals surface area contributed by atoms with Gasteiger partial charge in [-0.05, 0) is 44.0 Å². The molecule has 1 aromatic heterocycles. The van der Waals surface area contributed by atoms with E-state index in [9.17, 15) is 19.1 Å². The Kier molecular flexibility index (Phi) is 7.37. The van der Waals surface area contributed by atoms with Gasteiger partial charge in [-0.25, -0.2) is 9.37 Å². The fraction of sp³-hybridized carbons (Fsp3) is 0.444. The Morgan fingerprint density at radius 3 is 2.74 bits per heavy atom. The minimum absolute atomic E-state index is 0.0981. The molecule has 1 fully saturated rings. The Hall–Kier alpha value is -3.44. The van der Waals surface area contributed by atoms with Crippen molar-refractivity contribution in [3.63, 3.8) is 0 Å². The van der Waals surface area contributed by atoms with Crippen molar-refractivity contribution in [1.29, 1.82) is 0 Å². The predicted molar refractivity (Wildman–Crippen MR) is 128 cm³/mol. The summed E-state index contributed by atoms with van der Waals surface area (Å²) in [5.41, 5.74) is 1.23. The van der Waals surface area contributed by atoms with E-state index in [0.717, 1.165) is 12.8 Å². The van der Waals surface area contributed by atoms with Crippen LogP contribution in [0.15, 0.2) is 36.5 Å². The molecule has 8 heteroatoms. The lowest BCUT2D eigenvalue weighted by atomic mass is 9.99. The zero-order valence-electron chi connectivity index (χ0n) is 20.2. The van der Waals surface area contributed by atoms with E-state index in [1.807, 2.05) is 6.92 Å². The van der Waals surface area contributed by atoms with Crippen molar-refractivity contribution in [2.24, 2.45) is 11.8 Å². The van der Waals surface area contributed by atoms with Crippen molar-refractivity contribution in [2.75, 3.05) is 26.7 Å². The normalized spacial score (nSPS) is 20.5. The number of hydrogen-bond donors (Lipinski definition) is 1. The summed E-state index contributed by atoms with van der Waals surface area (Å²) >= 11 is 0. The number of carbonyl (C=O) groups is 2. The monoisotopic (exact) mass is 479 g/mol. The molecule has 2 amide bonds. The lowest BCUT2D eigenvalue weighted by Crippen LogP contribution is -2.50. The second-order valence-corrected chi connectivity index (χ2v) is 9.45. The lowest BCUT2D eigenvalue weighted by Gasteiger charge is -2.37. The van der Waals surface area contributed by atoms with Gasteiger partial charge < -0.3 is 19.6 Å². The number of likely N-dealkylation sites (N-methyl/N-ethyl adjacent to an activating group) is 1. The van der Waals surface area contributed by atoms with Gasteiger partial charge in [-0.1, -0.05) is 24.8 Å². The summed E-state index contributed by atoms with van der Waals surface area (Å²) in [7, 11) is 1.77. The molecule has 1 saturated carbocycles. The standard InChI is InChI=1S/C27H30FN3O4/c1-17-14-31(18(2)16-32)27(34)23-12-20(8-7-19-5-4-6-22(28)11-19)13-29-25(23)35-24(17)15-30(3)26(33)21-9-10-21/h4-6,11-13,17-18,21,24,32H,9-10,14-16H2,1-3H3/t17-,18-,24+/m1/s1. The van der Waals surface area contributed by atoms with Gasteiger partial charge in [0.15, 0.2) is 0 Å². The van der Waals surface area contributed by atoms with Gasteiger partial charge in [-0.15, -0.1) is 0 Å². The fourth-order valence-corrected chi connectivity index (χ4v) is 4.10. The maximum absolute atomic E-state index is 13.5. The summed E-state index contributed by atoms with van der Waals surface area (Å²) in [5.74, 6) is 5.40. The quantitative estimate of drug-likeness (QED) is 0.667. The Morgan fingerprint density at radius 1 is 1.31 bits per heavy atom. The van der Waals surface area contributed by atoms with E-state index in [1.54, 1.807) is 42.0 Å². The van der Waals surface area contributed by atoms with E-state index in [2.05, 4.69) is 16.8 Å². The summed E-state index contributed by atoms with van der Waals surface area (Å²) < 4.78 is 19.7. The third-order valence-corrected chi connectivity index (χ3v) is 6.45. The van der Waals surface area contributed by atoms with Crippen LogP contribution in [0.2, 0.25) is 0 Å². The smallest absolute Gasteiger partial charge is 0.259 e. The van der Waals surface area contributed by atoms with E-state index < -0.39 is 6.04 Å². The van der Waals surface area contributed by atoms with Crippen molar-refractivity contribution in [3.05, 3.63) is 59.0 Å². The van der Waals surface area contributed by atoms with Crippen LogP contribution in [0, 0.1) is 29.5 Å². The van der Waals surface area contributed by atoms with Gasteiger partial charge in [0.2, 0.25) is 11.8 Å². The van der Waals surface area contributed by atoms with Crippen molar-refractivity contribution in [1.82, 2.24) is 14.8 Å². The van der Waals surface area contributed by atoms with Crippen molar-refractivity contribution < 1.29 is 23.8 Å². The number of hydrogen-bond acceptors (Lipinski definition) is 5. The molecule has 7 nitrogen and oxygen atoms in total. The van der Waals surface area contributed by atoms with Crippen LogP contribution in [0.4, 0.5) is 4.39 Å². The minimum Gasteiger partial charge on any atom is -0.472 e. The second-order valence-electron chi connectivity index (χ2n) is 9.45. The number of aliphatic hydroxyl groups excluding tert-OH is 1. The average molecular weight is 480 g/mol. The Labute approximate surface area is 204 Å². The molecule has 2 heterocycles.